The van der Waals surface area contributed by atoms with Crippen molar-refractivity contribution in [2.45, 2.75) is 19.8 Å². The van der Waals surface area contributed by atoms with Crippen LogP contribution in [0.2, 0.25) is 0 Å². The number of hydrogen-bond acceptors (Lipinski definition) is 5. The Bertz CT molecular complexity index is 712. The summed E-state index contributed by atoms with van der Waals surface area (Å²) >= 11 is 0. The Morgan fingerprint density at radius 2 is 2.18 bits per heavy atom. The van der Waals surface area contributed by atoms with Crippen molar-refractivity contribution < 1.29 is 14.6 Å². The highest BCUT2D eigenvalue weighted by atomic mass is 16.5. The number of nitrogens with zero attached hydrogens (tertiary/aromatic N) is 1. The first-order valence-electron chi connectivity index (χ1n) is 6.93. The second-order valence-electron chi connectivity index (χ2n) is 4.60. The van der Waals surface area contributed by atoms with E-state index in [1.54, 1.807) is 6.07 Å². The molecule has 0 aliphatic heterocycles. The molecule has 0 amide bonds. The molecule has 2 aromatic rings. The first-order valence-corrected chi connectivity index (χ1v) is 6.93. The molecule has 7 heteroatoms. The van der Waals surface area contributed by atoms with E-state index in [9.17, 15) is 9.59 Å². The lowest BCUT2D eigenvalue weighted by molar-refractivity contribution is 0.0694. The zero-order chi connectivity index (χ0) is 15.9. The second kappa shape index (κ2) is 7.26. The topological polar surface area (TPSA) is 104 Å². The molecule has 1 heterocycles. The minimum atomic E-state index is -1.32. The molecule has 3 N–H and O–H groups in total. The Morgan fingerprint density at radius 3 is 2.86 bits per heavy atom. The lowest BCUT2D eigenvalue weighted by atomic mass is 10.3. The molecule has 0 aliphatic carbocycles. The minimum absolute atomic E-state index is 0.154. The summed E-state index contributed by atoms with van der Waals surface area (Å²) in [5.74, 6) is -0.522. The predicted molar refractivity (Wildman–Crippen MR) is 81.9 cm³/mol. The number of carbonyl (C=O) groups is 1. The standard InChI is InChI=1S/C15H17N3O4/c1-2-3-8-22-12-7-5-4-6-11(12)17-15-16-9-10(14(20)21)13(19)18-15/h4-7,9H,2-3,8H2,1H3,(H,20,21)(H2,16,17,18,19). The Labute approximate surface area is 127 Å². The van der Waals surface area contributed by atoms with Gasteiger partial charge in [-0.05, 0) is 18.6 Å². The van der Waals surface area contributed by atoms with Crippen LogP contribution >= 0.6 is 0 Å². The van der Waals surface area contributed by atoms with Crippen LogP contribution in [0.1, 0.15) is 30.1 Å². The van der Waals surface area contributed by atoms with Crippen LogP contribution < -0.4 is 15.6 Å². The zero-order valence-electron chi connectivity index (χ0n) is 12.1. The molecule has 2 rings (SSSR count). The Morgan fingerprint density at radius 1 is 1.41 bits per heavy atom. The van der Waals surface area contributed by atoms with Crippen molar-refractivity contribution >= 4 is 17.6 Å². The van der Waals surface area contributed by atoms with E-state index in [0.29, 0.717) is 18.0 Å². The summed E-state index contributed by atoms with van der Waals surface area (Å²) in [5, 5.41) is 11.7. The van der Waals surface area contributed by atoms with Crippen molar-refractivity contribution in [1.29, 1.82) is 0 Å². The van der Waals surface area contributed by atoms with Crippen molar-refractivity contribution in [2.24, 2.45) is 0 Å². The summed E-state index contributed by atoms with van der Waals surface area (Å²) < 4.78 is 5.67. The summed E-state index contributed by atoms with van der Waals surface area (Å²) in [4.78, 5) is 28.7. The van der Waals surface area contributed by atoms with E-state index in [1.807, 2.05) is 18.2 Å². The lowest BCUT2D eigenvalue weighted by Crippen LogP contribution is -2.19. The third-order valence-electron chi connectivity index (χ3n) is 2.93. The van der Waals surface area contributed by atoms with Gasteiger partial charge in [-0.15, -0.1) is 0 Å². The number of rotatable bonds is 7. The van der Waals surface area contributed by atoms with Gasteiger partial charge in [-0.2, -0.15) is 0 Å². The first-order chi connectivity index (χ1) is 10.6. The van der Waals surface area contributed by atoms with Gasteiger partial charge in [0.15, 0.2) is 0 Å². The maximum atomic E-state index is 11.6. The Hall–Kier alpha value is -2.83. The monoisotopic (exact) mass is 303 g/mol. The van der Waals surface area contributed by atoms with Gasteiger partial charge in [-0.1, -0.05) is 25.5 Å². The van der Waals surface area contributed by atoms with Crippen LogP contribution in [0.4, 0.5) is 11.6 Å². The van der Waals surface area contributed by atoms with Gasteiger partial charge in [0, 0.05) is 0 Å². The van der Waals surface area contributed by atoms with Crippen LogP contribution in [0, 0.1) is 0 Å². The number of hydrogen-bond donors (Lipinski definition) is 3. The predicted octanol–water partition coefficient (Wildman–Crippen LogP) is 2.39. The van der Waals surface area contributed by atoms with Crippen LogP contribution in [-0.4, -0.2) is 27.7 Å². The van der Waals surface area contributed by atoms with E-state index in [0.717, 1.165) is 19.0 Å². The van der Waals surface area contributed by atoms with Gasteiger partial charge < -0.3 is 15.2 Å². The molecule has 0 radical (unpaired) electrons. The number of para-hydroxylation sites is 2. The van der Waals surface area contributed by atoms with Crippen molar-refractivity contribution in [3.05, 3.63) is 46.4 Å². The van der Waals surface area contributed by atoms with Gasteiger partial charge >= 0.3 is 5.97 Å². The van der Waals surface area contributed by atoms with Crippen molar-refractivity contribution in [2.75, 3.05) is 11.9 Å². The van der Waals surface area contributed by atoms with Crippen molar-refractivity contribution in [1.82, 2.24) is 9.97 Å². The number of carboxylic acid groups (broad SMARTS) is 1. The molecule has 0 spiro atoms. The molecule has 0 unspecified atom stereocenters. The molecule has 1 aromatic carbocycles. The molecular formula is C15H17N3O4. The number of unbranched alkanes of at least 4 members (excludes halogenated alkanes) is 1. The fourth-order valence-corrected chi connectivity index (χ4v) is 1.76. The lowest BCUT2D eigenvalue weighted by Gasteiger charge is -2.12. The van der Waals surface area contributed by atoms with Gasteiger partial charge in [0.25, 0.3) is 5.56 Å². The number of aromatic amines is 1. The molecule has 22 heavy (non-hydrogen) atoms. The third-order valence-corrected chi connectivity index (χ3v) is 2.93. The molecule has 0 saturated carbocycles. The van der Waals surface area contributed by atoms with Crippen molar-refractivity contribution in [3.8, 4) is 5.75 Å². The highest BCUT2D eigenvalue weighted by molar-refractivity contribution is 5.86. The molecule has 0 saturated heterocycles. The van der Waals surface area contributed by atoms with Crippen LogP contribution in [0.3, 0.4) is 0 Å². The normalized spacial score (nSPS) is 10.2. The summed E-state index contributed by atoms with van der Waals surface area (Å²) in [6.07, 6.45) is 2.99. The molecule has 0 atom stereocenters. The quantitative estimate of drug-likeness (QED) is 0.678. The largest absolute Gasteiger partial charge is 0.491 e. The van der Waals surface area contributed by atoms with Crippen LogP contribution in [-0.2, 0) is 0 Å². The van der Waals surface area contributed by atoms with Crippen molar-refractivity contribution in [3.63, 3.8) is 0 Å². The molecular weight excluding hydrogens is 286 g/mol. The zero-order valence-corrected chi connectivity index (χ0v) is 12.1. The number of aromatic carboxylic acids is 1. The molecule has 0 bridgehead atoms. The number of carboxylic acids is 1. The summed E-state index contributed by atoms with van der Waals surface area (Å²) in [6.45, 7) is 2.67. The third kappa shape index (κ3) is 3.85. The van der Waals surface area contributed by atoms with E-state index < -0.39 is 17.1 Å². The molecule has 1 aromatic heterocycles. The Balaban J connectivity index is 2.18. The van der Waals surface area contributed by atoms with Gasteiger partial charge in [-0.25, -0.2) is 9.78 Å². The maximum absolute atomic E-state index is 11.6. The Kier molecular flexibility index (Phi) is 5.13. The molecule has 116 valence electrons. The fourth-order valence-electron chi connectivity index (χ4n) is 1.76. The van der Waals surface area contributed by atoms with E-state index in [1.165, 1.54) is 0 Å². The van der Waals surface area contributed by atoms with Gasteiger partial charge in [0.2, 0.25) is 5.95 Å². The van der Waals surface area contributed by atoms with E-state index in [2.05, 4.69) is 22.2 Å². The minimum Gasteiger partial charge on any atom is -0.491 e. The number of anilines is 2. The highest BCUT2D eigenvalue weighted by Gasteiger charge is 2.11. The fraction of sp³-hybridized carbons (Fsp3) is 0.267. The average Bonchev–Trinajstić information content (AvgIpc) is 2.49. The molecule has 7 nitrogen and oxygen atoms in total. The second-order valence-corrected chi connectivity index (χ2v) is 4.60. The van der Waals surface area contributed by atoms with Crippen LogP contribution in [0.5, 0.6) is 5.75 Å². The smallest absolute Gasteiger partial charge is 0.342 e. The first kappa shape index (κ1) is 15.6. The SMILES string of the molecule is CCCCOc1ccccc1Nc1ncc(C(=O)O)c(=O)[nH]1. The van der Waals surface area contributed by atoms with Gasteiger partial charge in [0.05, 0.1) is 18.5 Å². The van der Waals surface area contributed by atoms with Gasteiger partial charge in [0.1, 0.15) is 11.3 Å². The molecule has 0 fully saturated rings. The highest BCUT2D eigenvalue weighted by Crippen LogP contribution is 2.25. The van der Waals surface area contributed by atoms with E-state index in [4.69, 9.17) is 9.84 Å². The number of benzene rings is 1. The summed E-state index contributed by atoms with van der Waals surface area (Å²) in [5.41, 5.74) is -0.475. The van der Waals surface area contributed by atoms with E-state index >= 15 is 0 Å². The molecule has 0 aliphatic rings. The summed E-state index contributed by atoms with van der Waals surface area (Å²) in [6, 6.07) is 7.25. The summed E-state index contributed by atoms with van der Waals surface area (Å²) in [7, 11) is 0. The number of H-pyrrole nitrogens is 1. The maximum Gasteiger partial charge on any atom is 0.342 e. The van der Waals surface area contributed by atoms with Crippen LogP contribution in [0.15, 0.2) is 35.3 Å². The number of nitrogens with one attached hydrogen (secondary N) is 2. The number of aromatic nitrogens is 2. The average molecular weight is 303 g/mol. The van der Waals surface area contributed by atoms with Crippen LogP contribution in [0.25, 0.3) is 0 Å². The number of ether oxygens (including phenoxy) is 1. The van der Waals surface area contributed by atoms with E-state index in [-0.39, 0.29) is 5.95 Å². The van der Waals surface area contributed by atoms with Gasteiger partial charge in [-0.3, -0.25) is 9.78 Å².